The van der Waals surface area contributed by atoms with Crippen molar-refractivity contribution in [2.75, 3.05) is 0 Å². The monoisotopic (exact) mass is 408 g/mol. The molecule has 0 amide bonds. The maximum absolute atomic E-state index is 11.0. The van der Waals surface area contributed by atoms with Gasteiger partial charge in [0, 0.05) is 11.0 Å². The van der Waals surface area contributed by atoms with Gasteiger partial charge in [0.2, 0.25) is 0 Å². The van der Waals surface area contributed by atoms with Crippen LogP contribution >= 0.6 is 0 Å². The predicted octanol–water partition coefficient (Wildman–Crippen LogP) is 8.74. The van der Waals surface area contributed by atoms with Gasteiger partial charge in [-0.3, -0.25) is 0 Å². The highest BCUT2D eigenvalue weighted by molar-refractivity contribution is 5.53. The SMILES string of the molecule is CCCCCCCc1ccc(O)c(C(C)(C)c2ccccc2)c1CCCCCCC. The number of aromatic hydroxyl groups is 1. The van der Waals surface area contributed by atoms with Gasteiger partial charge in [-0.1, -0.05) is 115 Å². The average Bonchev–Trinajstić information content (AvgIpc) is 2.75. The zero-order chi connectivity index (χ0) is 21.8. The molecule has 0 fully saturated rings. The zero-order valence-electron chi connectivity index (χ0n) is 20.0. The minimum atomic E-state index is -0.206. The summed E-state index contributed by atoms with van der Waals surface area (Å²) in [5.41, 5.74) is 5.08. The van der Waals surface area contributed by atoms with Crippen LogP contribution < -0.4 is 0 Å². The number of phenolic OH excluding ortho intramolecular Hbond substituents is 1. The van der Waals surface area contributed by atoms with Gasteiger partial charge in [0.05, 0.1) is 0 Å². The van der Waals surface area contributed by atoms with E-state index in [1.807, 2.05) is 6.07 Å². The maximum atomic E-state index is 11.0. The Morgan fingerprint density at radius 1 is 0.667 bits per heavy atom. The normalized spacial score (nSPS) is 11.7. The molecule has 0 aromatic heterocycles. The number of hydrogen-bond acceptors (Lipinski definition) is 1. The van der Waals surface area contributed by atoms with Crippen molar-refractivity contribution in [3.8, 4) is 5.75 Å². The Hall–Kier alpha value is -1.76. The van der Waals surface area contributed by atoms with Crippen molar-refractivity contribution in [3.05, 3.63) is 64.7 Å². The summed E-state index contributed by atoms with van der Waals surface area (Å²) in [4.78, 5) is 0. The summed E-state index contributed by atoms with van der Waals surface area (Å²) >= 11 is 0. The van der Waals surface area contributed by atoms with Crippen LogP contribution in [0.2, 0.25) is 0 Å². The highest BCUT2D eigenvalue weighted by Gasteiger charge is 2.29. The third-order valence-electron chi connectivity index (χ3n) is 6.59. The van der Waals surface area contributed by atoms with E-state index in [4.69, 9.17) is 0 Å². The minimum Gasteiger partial charge on any atom is -0.508 e. The molecule has 0 unspecified atom stereocenters. The lowest BCUT2D eigenvalue weighted by Crippen LogP contribution is -2.22. The van der Waals surface area contributed by atoms with E-state index in [9.17, 15) is 5.11 Å². The average molecular weight is 409 g/mol. The van der Waals surface area contributed by atoms with Crippen LogP contribution in [0.4, 0.5) is 0 Å². The van der Waals surface area contributed by atoms with Gasteiger partial charge in [-0.25, -0.2) is 0 Å². The predicted molar refractivity (Wildman–Crippen MR) is 132 cm³/mol. The summed E-state index contributed by atoms with van der Waals surface area (Å²) in [7, 11) is 0. The van der Waals surface area contributed by atoms with Gasteiger partial charge in [0.15, 0.2) is 0 Å². The number of benzene rings is 2. The molecule has 0 atom stereocenters. The van der Waals surface area contributed by atoms with E-state index in [0.29, 0.717) is 5.75 Å². The van der Waals surface area contributed by atoms with Crippen molar-refractivity contribution in [3.63, 3.8) is 0 Å². The second-order valence-electron chi connectivity index (χ2n) is 9.42. The molecule has 0 aliphatic rings. The topological polar surface area (TPSA) is 20.2 Å². The first-order chi connectivity index (χ1) is 14.5. The smallest absolute Gasteiger partial charge is 0.119 e. The van der Waals surface area contributed by atoms with Crippen molar-refractivity contribution >= 4 is 0 Å². The highest BCUT2D eigenvalue weighted by atomic mass is 16.3. The fourth-order valence-corrected chi connectivity index (χ4v) is 4.72. The van der Waals surface area contributed by atoms with Crippen LogP contribution in [0, 0.1) is 0 Å². The first-order valence-electron chi connectivity index (χ1n) is 12.4. The molecule has 2 aromatic carbocycles. The Morgan fingerprint density at radius 3 is 1.83 bits per heavy atom. The summed E-state index contributed by atoms with van der Waals surface area (Å²) in [6.07, 6.45) is 15.1. The van der Waals surface area contributed by atoms with E-state index in [0.717, 1.165) is 18.4 Å². The van der Waals surface area contributed by atoms with Crippen LogP contribution in [0.5, 0.6) is 5.75 Å². The van der Waals surface area contributed by atoms with E-state index in [2.05, 4.69) is 64.1 Å². The van der Waals surface area contributed by atoms with Crippen molar-refractivity contribution in [1.29, 1.82) is 0 Å². The molecular weight excluding hydrogens is 364 g/mol. The lowest BCUT2D eigenvalue weighted by molar-refractivity contribution is 0.449. The van der Waals surface area contributed by atoms with Crippen LogP contribution in [0.15, 0.2) is 42.5 Å². The summed E-state index contributed by atoms with van der Waals surface area (Å²) in [6, 6.07) is 14.8. The molecule has 1 heteroatoms. The first-order valence-corrected chi connectivity index (χ1v) is 12.4. The molecule has 0 bridgehead atoms. The van der Waals surface area contributed by atoms with Crippen LogP contribution in [0.25, 0.3) is 0 Å². The lowest BCUT2D eigenvalue weighted by Gasteiger charge is -2.31. The number of aryl methyl sites for hydroxylation is 1. The van der Waals surface area contributed by atoms with Crippen molar-refractivity contribution < 1.29 is 5.11 Å². The summed E-state index contributed by atoms with van der Waals surface area (Å²) < 4.78 is 0. The van der Waals surface area contributed by atoms with E-state index in [-0.39, 0.29) is 5.41 Å². The third kappa shape index (κ3) is 6.89. The Labute approximate surface area is 185 Å². The molecule has 0 radical (unpaired) electrons. The number of unbranched alkanes of at least 4 members (excludes halogenated alkanes) is 8. The minimum absolute atomic E-state index is 0.206. The van der Waals surface area contributed by atoms with Gasteiger partial charge >= 0.3 is 0 Å². The summed E-state index contributed by atoms with van der Waals surface area (Å²) in [5.74, 6) is 0.460. The van der Waals surface area contributed by atoms with Crippen LogP contribution in [-0.4, -0.2) is 5.11 Å². The Morgan fingerprint density at radius 2 is 1.23 bits per heavy atom. The van der Waals surface area contributed by atoms with Crippen molar-refractivity contribution in [2.45, 2.75) is 110 Å². The molecule has 0 aliphatic carbocycles. The summed E-state index contributed by atoms with van der Waals surface area (Å²) in [5, 5.41) is 11.0. The Balaban J connectivity index is 2.31. The molecule has 0 saturated carbocycles. The molecule has 1 nitrogen and oxygen atoms in total. The molecule has 0 saturated heterocycles. The molecule has 1 N–H and O–H groups in total. The molecule has 0 spiro atoms. The van der Waals surface area contributed by atoms with Crippen LogP contribution in [0.1, 0.15) is 114 Å². The van der Waals surface area contributed by atoms with E-state index in [1.54, 1.807) is 0 Å². The van der Waals surface area contributed by atoms with Crippen LogP contribution in [-0.2, 0) is 18.3 Å². The van der Waals surface area contributed by atoms with Crippen molar-refractivity contribution in [2.24, 2.45) is 0 Å². The Kier molecular flexibility index (Phi) is 10.5. The molecule has 2 rings (SSSR count). The molecule has 166 valence electrons. The van der Waals surface area contributed by atoms with Crippen LogP contribution in [0.3, 0.4) is 0 Å². The summed E-state index contributed by atoms with van der Waals surface area (Å²) in [6.45, 7) is 9.08. The quantitative estimate of drug-likeness (QED) is 0.310. The molecule has 0 heterocycles. The number of phenols is 1. The van der Waals surface area contributed by atoms with Gasteiger partial charge in [0.1, 0.15) is 5.75 Å². The fourth-order valence-electron chi connectivity index (χ4n) is 4.72. The standard InChI is InChI=1S/C29H44O/c1-5-7-9-11-14-18-24-22-23-27(30)28(26(24)21-17-12-10-8-6-2)29(3,4)25-19-15-13-16-20-25/h13,15-16,19-20,22-23,30H,5-12,14,17-18,21H2,1-4H3. The number of rotatable bonds is 14. The molecular formula is C29H44O. The Bertz CT molecular complexity index is 730. The number of hydrogen-bond donors (Lipinski definition) is 1. The van der Waals surface area contributed by atoms with Gasteiger partial charge < -0.3 is 5.11 Å². The van der Waals surface area contributed by atoms with Gasteiger partial charge in [-0.05, 0) is 48.4 Å². The second kappa shape index (κ2) is 12.8. The van der Waals surface area contributed by atoms with Crippen molar-refractivity contribution in [1.82, 2.24) is 0 Å². The lowest BCUT2D eigenvalue weighted by atomic mass is 9.73. The van der Waals surface area contributed by atoms with E-state index >= 15 is 0 Å². The van der Waals surface area contributed by atoms with E-state index < -0.39 is 0 Å². The van der Waals surface area contributed by atoms with Gasteiger partial charge in [-0.15, -0.1) is 0 Å². The first kappa shape index (κ1) is 24.5. The third-order valence-corrected chi connectivity index (χ3v) is 6.59. The molecule has 2 aromatic rings. The second-order valence-corrected chi connectivity index (χ2v) is 9.42. The van der Waals surface area contributed by atoms with E-state index in [1.165, 1.54) is 80.9 Å². The zero-order valence-corrected chi connectivity index (χ0v) is 20.0. The maximum Gasteiger partial charge on any atom is 0.119 e. The molecule has 0 aliphatic heterocycles. The highest BCUT2D eigenvalue weighted by Crippen LogP contribution is 2.41. The van der Waals surface area contributed by atoms with Gasteiger partial charge in [0.25, 0.3) is 0 Å². The fraction of sp³-hybridized carbons (Fsp3) is 0.586. The molecule has 30 heavy (non-hydrogen) atoms. The van der Waals surface area contributed by atoms with Gasteiger partial charge in [-0.2, -0.15) is 0 Å². The largest absolute Gasteiger partial charge is 0.508 e.